The van der Waals surface area contributed by atoms with Crippen LogP contribution in [0.2, 0.25) is 5.02 Å². The Morgan fingerprint density at radius 3 is 2.08 bits per heavy atom. The van der Waals surface area contributed by atoms with E-state index in [1.165, 1.54) is 5.56 Å². The zero-order chi connectivity index (χ0) is 17.4. The molecule has 2 atom stereocenters. The largest absolute Gasteiger partial charge is 0.298 e. The minimum Gasteiger partial charge on any atom is -0.298 e. The highest BCUT2D eigenvalue weighted by molar-refractivity contribution is 7.89. The molecule has 2 fully saturated rings. The fourth-order valence-corrected chi connectivity index (χ4v) is 5.66. The zero-order valence-electron chi connectivity index (χ0n) is 13.9. The van der Waals surface area contributed by atoms with E-state index in [2.05, 4.69) is 17.0 Å². The number of rotatable bonds is 4. The van der Waals surface area contributed by atoms with Crippen molar-refractivity contribution >= 4 is 21.6 Å². The molecule has 2 aromatic carbocycles. The lowest BCUT2D eigenvalue weighted by molar-refractivity contribution is 0.289. The van der Waals surface area contributed by atoms with Crippen LogP contribution in [0.25, 0.3) is 0 Å². The molecule has 0 spiro atoms. The maximum Gasteiger partial charge on any atom is 0.243 e. The fourth-order valence-electron chi connectivity index (χ4n) is 3.96. The third-order valence-electron chi connectivity index (χ3n) is 5.23. The third kappa shape index (κ3) is 3.47. The summed E-state index contributed by atoms with van der Waals surface area (Å²) in [5, 5.41) is 0.754. The minimum absolute atomic E-state index is 0.396. The highest BCUT2D eigenvalue weighted by Crippen LogP contribution is 2.34. The Bertz CT molecular complexity index is 825. The van der Waals surface area contributed by atoms with Crippen molar-refractivity contribution in [2.24, 2.45) is 11.8 Å². The van der Waals surface area contributed by atoms with Crippen molar-refractivity contribution in [1.82, 2.24) is 9.21 Å². The van der Waals surface area contributed by atoms with Crippen LogP contribution in [0.5, 0.6) is 0 Å². The molecule has 0 radical (unpaired) electrons. The van der Waals surface area contributed by atoms with Crippen LogP contribution in [0.3, 0.4) is 0 Å². The average Bonchev–Trinajstić information content (AvgIpc) is 3.17. The van der Waals surface area contributed by atoms with E-state index < -0.39 is 10.0 Å². The Hall–Kier alpha value is -1.40. The number of fused-ring (bicyclic) bond motifs is 1. The molecule has 2 heterocycles. The Morgan fingerprint density at radius 1 is 0.880 bits per heavy atom. The van der Waals surface area contributed by atoms with E-state index in [9.17, 15) is 8.42 Å². The predicted octanol–water partition coefficient (Wildman–Crippen LogP) is 3.09. The molecule has 0 N–H and O–H groups in total. The summed E-state index contributed by atoms with van der Waals surface area (Å²) in [7, 11) is -3.36. The molecule has 0 aliphatic carbocycles. The van der Waals surface area contributed by atoms with Gasteiger partial charge in [-0.15, -0.1) is 0 Å². The van der Waals surface area contributed by atoms with Crippen molar-refractivity contribution in [2.75, 3.05) is 26.2 Å². The fraction of sp³-hybridized carbons (Fsp3) is 0.368. The predicted molar refractivity (Wildman–Crippen MR) is 98.9 cm³/mol. The lowest BCUT2D eigenvalue weighted by Crippen LogP contribution is -2.33. The average molecular weight is 377 g/mol. The van der Waals surface area contributed by atoms with E-state index in [1.807, 2.05) is 18.2 Å². The summed E-state index contributed by atoms with van der Waals surface area (Å²) in [6, 6.07) is 16.7. The topological polar surface area (TPSA) is 40.6 Å². The van der Waals surface area contributed by atoms with Crippen molar-refractivity contribution in [3.05, 3.63) is 65.2 Å². The second-order valence-electron chi connectivity index (χ2n) is 6.98. The van der Waals surface area contributed by atoms with Gasteiger partial charge in [0.05, 0.1) is 4.90 Å². The van der Waals surface area contributed by atoms with Crippen molar-refractivity contribution < 1.29 is 8.42 Å². The molecule has 0 aromatic heterocycles. The second kappa shape index (κ2) is 6.72. The Kier molecular flexibility index (Phi) is 4.58. The van der Waals surface area contributed by atoms with Crippen molar-refractivity contribution in [2.45, 2.75) is 11.4 Å². The van der Waals surface area contributed by atoms with E-state index in [0.29, 0.717) is 29.8 Å². The molecule has 25 heavy (non-hydrogen) atoms. The highest BCUT2D eigenvalue weighted by Gasteiger charge is 2.44. The van der Waals surface area contributed by atoms with Gasteiger partial charge in [0.1, 0.15) is 0 Å². The molecule has 0 amide bonds. The van der Waals surface area contributed by atoms with Crippen LogP contribution in [0, 0.1) is 11.8 Å². The summed E-state index contributed by atoms with van der Waals surface area (Å²) in [6.07, 6.45) is 0. The summed E-state index contributed by atoms with van der Waals surface area (Å²) in [5.41, 5.74) is 1.25. The van der Waals surface area contributed by atoms with Gasteiger partial charge in [0, 0.05) is 37.7 Å². The maximum atomic E-state index is 12.8. The molecule has 2 aliphatic heterocycles. The van der Waals surface area contributed by atoms with Gasteiger partial charge in [0.2, 0.25) is 10.0 Å². The minimum atomic E-state index is -3.36. The molecule has 0 bridgehead atoms. The van der Waals surface area contributed by atoms with Crippen LogP contribution in [0.1, 0.15) is 5.56 Å². The van der Waals surface area contributed by atoms with Gasteiger partial charge in [-0.05, 0) is 41.7 Å². The number of nitrogens with zero attached hydrogens (tertiary/aromatic N) is 2. The van der Waals surface area contributed by atoms with Crippen LogP contribution in [-0.2, 0) is 16.6 Å². The zero-order valence-corrected chi connectivity index (χ0v) is 15.5. The van der Waals surface area contributed by atoms with Crippen LogP contribution in [-0.4, -0.2) is 43.8 Å². The first-order chi connectivity index (χ1) is 12.0. The third-order valence-corrected chi connectivity index (χ3v) is 7.33. The lowest BCUT2D eigenvalue weighted by Gasteiger charge is -2.21. The lowest BCUT2D eigenvalue weighted by atomic mass is 10.0. The van der Waals surface area contributed by atoms with Crippen molar-refractivity contribution in [3.63, 3.8) is 0 Å². The van der Waals surface area contributed by atoms with Gasteiger partial charge in [-0.25, -0.2) is 8.42 Å². The molecular formula is C19H21ClN2O2S. The smallest absolute Gasteiger partial charge is 0.243 e. The Balaban J connectivity index is 1.40. The number of likely N-dealkylation sites (tertiary alicyclic amines) is 1. The first kappa shape index (κ1) is 17.0. The van der Waals surface area contributed by atoms with E-state index in [0.717, 1.165) is 24.7 Å². The standard InChI is InChI=1S/C19H21ClN2O2S/c20-18-8-6-15(7-9-18)10-21-11-16-13-22(14-17(16)12-21)25(23,24)19-4-2-1-3-5-19/h1-9,16-17H,10-14H2. The molecule has 2 unspecified atom stereocenters. The van der Waals surface area contributed by atoms with Gasteiger partial charge in [-0.2, -0.15) is 4.31 Å². The monoisotopic (exact) mass is 376 g/mol. The molecule has 2 aromatic rings. The summed E-state index contributed by atoms with van der Waals surface area (Å²) in [5.74, 6) is 0.844. The van der Waals surface area contributed by atoms with E-state index in [-0.39, 0.29) is 0 Å². The number of sulfonamides is 1. The molecule has 2 saturated heterocycles. The SMILES string of the molecule is O=S(=O)(c1ccccc1)N1CC2CN(Cc3ccc(Cl)cc3)CC2C1. The van der Waals surface area contributed by atoms with E-state index >= 15 is 0 Å². The van der Waals surface area contributed by atoms with Gasteiger partial charge in [-0.1, -0.05) is 41.9 Å². The first-order valence-electron chi connectivity index (χ1n) is 8.54. The summed E-state index contributed by atoms with van der Waals surface area (Å²) in [4.78, 5) is 2.82. The first-order valence-corrected chi connectivity index (χ1v) is 10.4. The van der Waals surface area contributed by atoms with Gasteiger partial charge in [-0.3, -0.25) is 4.90 Å². The van der Waals surface area contributed by atoms with E-state index in [4.69, 9.17) is 11.6 Å². The maximum absolute atomic E-state index is 12.8. The summed E-state index contributed by atoms with van der Waals surface area (Å²) >= 11 is 5.94. The quantitative estimate of drug-likeness (QED) is 0.823. The molecule has 4 rings (SSSR count). The number of benzene rings is 2. The van der Waals surface area contributed by atoms with Crippen LogP contribution < -0.4 is 0 Å². The summed E-state index contributed by atoms with van der Waals surface area (Å²) in [6.45, 7) is 4.05. The normalized spacial score (nSPS) is 24.5. The van der Waals surface area contributed by atoms with Crippen LogP contribution >= 0.6 is 11.6 Å². The van der Waals surface area contributed by atoms with Crippen LogP contribution in [0.15, 0.2) is 59.5 Å². The van der Waals surface area contributed by atoms with Gasteiger partial charge in [0.15, 0.2) is 0 Å². The summed E-state index contributed by atoms with van der Waals surface area (Å²) < 4.78 is 27.2. The number of hydrogen-bond donors (Lipinski definition) is 0. The van der Waals surface area contributed by atoms with Crippen molar-refractivity contribution in [3.8, 4) is 0 Å². The molecule has 132 valence electrons. The highest BCUT2D eigenvalue weighted by atomic mass is 35.5. The van der Waals surface area contributed by atoms with Gasteiger partial charge < -0.3 is 0 Å². The van der Waals surface area contributed by atoms with Crippen molar-refractivity contribution in [1.29, 1.82) is 0 Å². The Labute approximate surface area is 154 Å². The number of hydrogen-bond acceptors (Lipinski definition) is 3. The molecule has 4 nitrogen and oxygen atoms in total. The van der Waals surface area contributed by atoms with Gasteiger partial charge >= 0.3 is 0 Å². The number of halogens is 1. The van der Waals surface area contributed by atoms with Crippen LogP contribution in [0.4, 0.5) is 0 Å². The molecule has 0 saturated carbocycles. The Morgan fingerprint density at radius 2 is 1.48 bits per heavy atom. The molecular weight excluding hydrogens is 356 g/mol. The second-order valence-corrected chi connectivity index (χ2v) is 9.35. The molecule has 2 aliphatic rings. The van der Waals surface area contributed by atoms with Gasteiger partial charge in [0.25, 0.3) is 0 Å². The molecule has 6 heteroatoms. The van der Waals surface area contributed by atoms with E-state index in [1.54, 1.807) is 28.6 Å².